The maximum atomic E-state index is 12.7. The van der Waals surface area contributed by atoms with E-state index in [-0.39, 0.29) is 17.7 Å². The Morgan fingerprint density at radius 3 is 2.66 bits per heavy atom. The molecule has 0 spiro atoms. The molecule has 0 bridgehead atoms. The van der Waals surface area contributed by atoms with Gasteiger partial charge in [0.05, 0.1) is 20.1 Å². The summed E-state index contributed by atoms with van der Waals surface area (Å²) in [6.07, 6.45) is 6.02. The first kappa shape index (κ1) is 22.0. The minimum absolute atomic E-state index is 0.147. The molecule has 3 heterocycles. The molecule has 0 aliphatic carbocycles. The molecule has 8 nitrogen and oxygen atoms in total. The largest absolute Gasteiger partial charge is 0.497 e. The molecule has 1 unspecified atom stereocenters. The van der Waals surface area contributed by atoms with E-state index >= 15 is 0 Å². The van der Waals surface area contributed by atoms with Crippen LogP contribution in [0.25, 0.3) is 0 Å². The van der Waals surface area contributed by atoms with Crippen molar-refractivity contribution in [1.82, 2.24) is 19.8 Å². The lowest BCUT2D eigenvalue weighted by Gasteiger charge is -2.34. The highest BCUT2D eigenvalue weighted by Gasteiger charge is 2.33. The number of likely N-dealkylation sites (tertiary alicyclic amines) is 2. The zero-order chi connectivity index (χ0) is 22.3. The summed E-state index contributed by atoms with van der Waals surface area (Å²) in [5, 5.41) is 0. The maximum absolute atomic E-state index is 12.7. The van der Waals surface area contributed by atoms with E-state index in [1.54, 1.807) is 25.6 Å². The standard InChI is InChI=1S/C24H30N4O4/c1-31-21-5-2-4-19(12-21)13-22(29)27-10-6-18(7-11-27)15-28-16-20(14-23(28)30)17-32-24-25-8-3-9-26-24/h2-5,8-9,12,18,20H,6-7,10-11,13-17H2,1H3. The fourth-order valence-electron chi connectivity index (χ4n) is 4.44. The van der Waals surface area contributed by atoms with Crippen molar-refractivity contribution < 1.29 is 19.1 Å². The quantitative estimate of drug-likeness (QED) is 0.628. The Balaban J connectivity index is 1.20. The zero-order valence-electron chi connectivity index (χ0n) is 18.5. The molecule has 0 radical (unpaired) electrons. The number of aromatic nitrogens is 2. The second-order valence-electron chi connectivity index (χ2n) is 8.56. The molecule has 4 rings (SSSR count). The Labute approximate surface area is 188 Å². The molecule has 0 N–H and O–H groups in total. The van der Waals surface area contributed by atoms with Crippen molar-refractivity contribution in [3.05, 3.63) is 48.3 Å². The fraction of sp³-hybridized carbons (Fsp3) is 0.500. The van der Waals surface area contributed by atoms with Gasteiger partial charge in [0.1, 0.15) is 5.75 Å². The van der Waals surface area contributed by atoms with Gasteiger partial charge in [0.2, 0.25) is 11.8 Å². The lowest BCUT2D eigenvalue weighted by atomic mass is 9.95. The van der Waals surface area contributed by atoms with Crippen LogP contribution in [0.1, 0.15) is 24.8 Å². The van der Waals surface area contributed by atoms with Gasteiger partial charge in [0.15, 0.2) is 0 Å². The van der Waals surface area contributed by atoms with Gasteiger partial charge >= 0.3 is 6.01 Å². The number of benzene rings is 1. The van der Waals surface area contributed by atoms with Crippen LogP contribution in [0, 0.1) is 11.8 Å². The molecule has 170 valence electrons. The summed E-state index contributed by atoms with van der Waals surface area (Å²) < 4.78 is 10.9. The third-order valence-electron chi connectivity index (χ3n) is 6.22. The van der Waals surface area contributed by atoms with Gasteiger partial charge in [-0.05, 0) is 42.5 Å². The number of ether oxygens (including phenoxy) is 2. The van der Waals surface area contributed by atoms with E-state index < -0.39 is 0 Å². The third kappa shape index (κ3) is 5.75. The van der Waals surface area contributed by atoms with E-state index in [9.17, 15) is 9.59 Å². The van der Waals surface area contributed by atoms with E-state index in [1.807, 2.05) is 34.1 Å². The number of amides is 2. The monoisotopic (exact) mass is 438 g/mol. The van der Waals surface area contributed by atoms with Crippen LogP contribution >= 0.6 is 0 Å². The van der Waals surface area contributed by atoms with Crippen molar-refractivity contribution >= 4 is 11.8 Å². The highest BCUT2D eigenvalue weighted by atomic mass is 16.5. The van der Waals surface area contributed by atoms with Gasteiger partial charge in [0, 0.05) is 50.9 Å². The van der Waals surface area contributed by atoms with Gasteiger partial charge in [-0.25, -0.2) is 9.97 Å². The number of hydrogen-bond acceptors (Lipinski definition) is 6. The summed E-state index contributed by atoms with van der Waals surface area (Å²) in [6, 6.07) is 9.75. The first-order chi connectivity index (χ1) is 15.6. The van der Waals surface area contributed by atoms with Crippen LogP contribution in [0.15, 0.2) is 42.7 Å². The number of nitrogens with zero attached hydrogens (tertiary/aromatic N) is 4. The smallest absolute Gasteiger partial charge is 0.316 e. The Kier molecular flexibility index (Phi) is 7.19. The Morgan fingerprint density at radius 1 is 1.12 bits per heavy atom. The highest BCUT2D eigenvalue weighted by Crippen LogP contribution is 2.25. The van der Waals surface area contributed by atoms with Crippen LogP contribution in [0.3, 0.4) is 0 Å². The zero-order valence-corrected chi connectivity index (χ0v) is 18.5. The minimum Gasteiger partial charge on any atom is -0.497 e. The van der Waals surface area contributed by atoms with E-state index in [0.717, 1.165) is 43.8 Å². The molecule has 2 amide bonds. The molecule has 0 saturated carbocycles. The van der Waals surface area contributed by atoms with E-state index in [0.29, 0.717) is 37.9 Å². The first-order valence-corrected chi connectivity index (χ1v) is 11.2. The number of piperidine rings is 1. The van der Waals surface area contributed by atoms with Crippen LogP contribution in [-0.2, 0) is 16.0 Å². The molecule has 1 aromatic heterocycles. The average Bonchev–Trinajstić information content (AvgIpc) is 3.18. The number of hydrogen-bond donors (Lipinski definition) is 0. The molecule has 1 atom stereocenters. The summed E-state index contributed by atoms with van der Waals surface area (Å²) in [6.45, 7) is 3.40. The van der Waals surface area contributed by atoms with Crippen LogP contribution in [-0.4, -0.2) is 71.5 Å². The molecule has 2 saturated heterocycles. The van der Waals surface area contributed by atoms with Gasteiger partial charge in [0.25, 0.3) is 0 Å². The maximum Gasteiger partial charge on any atom is 0.316 e. The number of carbonyl (C=O) groups is 2. The summed E-state index contributed by atoms with van der Waals surface area (Å²) in [5.74, 6) is 1.69. The van der Waals surface area contributed by atoms with Crippen molar-refractivity contribution in [1.29, 1.82) is 0 Å². The van der Waals surface area contributed by atoms with Gasteiger partial charge in [-0.15, -0.1) is 0 Å². The summed E-state index contributed by atoms with van der Waals surface area (Å²) >= 11 is 0. The molecule has 1 aromatic carbocycles. The SMILES string of the molecule is COc1cccc(CC(=O)N2CCC(CN3CC(COc4ncccn4)CC3=O)CC2)c1. The lowest BCUT2D eigenvalue weighted by molar-refractivity contribution is -0.133. The van der Waals surface area contributed by atoms with Crippen molar-refractivity contribution in [3.63, 3.8) is 0 Å². The predicted molar refractivity (Wildman–Crippen MR) is 118 cm³/mol. The van der Waals surface area contributed by atoms with Crippen LogP contribution in [0.4, 0.5) is 0 Å². The van der Waals surface area contributed by atoms with Gasteiger partial charge < -0.3 is 19.3 Å². The van der Waals surface area contributed by atoms with Crippen LogP contribution < -0.4 is 9.47 Å². The van der Waals surface area contributed by atoms with Crippen molar-refractivity contribution in [2.24, 2.45) is 11.8 Å². The second kappa shape index (κ2) is 10.4. The molecule has 2 aliphatic heterocycles. The molecule has 2 aromatic rings. The van der Waals surface area contributed by atoms with Crippen molar-refractivity contribution in [2.75, 3.05) is 39.9 Å². The number of methoxy groups -OCH3 is 1. The minimum atomic E-state index is 0.147. The van der Waals surface area contributed by atoms with Gasteiger partial charge in [-0.1, -0.05) is 12.1 Å². The molecule has 32 heavy (non-hydrogen) atoms. The fourth-order valence-corrected chi connectivity index (χ4v) is 4.44. The van der Waals surface area contributed by atoms with Crippen LogP contribution in [0.5, 0.6) is 11.8 Å². The predicted octanol–water partition coefficient (Wildman–Crippen LogP) is 2.19. The van der Waals surface area contributed by atoms with Crippen molar-refractivity contribution in [2.45, 2.75) is 25.7 Å². The average molecular weight is 439 g/mol. The highest BCUT2D eigenvalue weighted by molar-refractivity contribution is 5.79. The molecular formula is C24H30N4O4. The topological polar surface area (TPSA) is 84.9 Å². The number of rotatable bonds is 8. The normalized spacial score (nSPS) is 19.3. The van der Waals surface area contributed by atoms with Crippen LogP contribution in [0.2, 0.25) is 0 Å². The second-order valence-corrected chi connectivity index (χ2v) is 8.56. The van der Waals surface area contributed by atoms with Gasteiger partial charge in [-0.3, -0.25) is 9.59 Å². The summed E-state index contributed by atoms with van der Waals surface area (Å²) in [4.78, 5) is 37.2. The lowest BCUT2D eigenvalue weighted by Crippen LogP contribution is -2.42. The summed E-state index contributed by atoms with van der Waals surface area (Å²) in [7, 11) is 1.63. The van der Waals surface area contributed by atoms with Crippen molar-refractivity contribution in [3.8, 4) is 11.8 Å². The van der Waals surface area contributed by atoms with E-state index in [2.05, 4.69) is 9.97 Å². The Morgan fingerprint density at radius 2 is 1.91 bits per heavy atom. The van der Waals surface area contributed by atoms with E-state index in [4.69, 9.17) is 9.47 Å². The van der Waals surface area contributed by atoms with Gasteiger partial charge in [-0.2, -0.15) is 0 Å². The first-order valence-electron chi connectivity index (χ1n) is 11.2. The molecular weight excluding hydrogens is 408 g/mol. The number of carbonyl (C=O) groups excluding carboxylic acids is 2. The Bertz CT molecular complexity index is 915. The summed E-state index contributed by atoms with van der Waals surface area (Å²) in [5.41, 5.74) is 0.966. The Hall–Kier alpha value is -3.16. The molecule has 2 fully saturated rings. The third-order valence-corrected chi connectivity index (χ3v) is 6.22. The molecule has 8 heteroatoms. The van der Waals surface area contributed by atoms with E-state index in [1.165, 1.54) is 0 Å². The molecule has 2 aliphatic rings.